The lowest BCUT2D eigenvalue weighted by Gasteiger charge is -2.19. The van der Waals surface area contributed by atoms with Gasteiger partial charge in [0.05, 0.1) is 13.2 Å². The molecule has 3 N–H and O–H groups in total. The minimum atomic E-state index is -0.0179. The van der Waals surface area contributed by atoms with Gasteiger partial charge in [-0.05, 0) is 12.5 Å². The van der Waals surface area contributed by atoms with Crippen LogP contribution in [0, 0.1) is 12.3 Å². The Hall–Kier alpha value is -1.57. The van der Waals surface area contributed by atoms with Crippen LogP contribution in [0.2, 0.25) is 0 Å². The van der Waals surface area contributed by atoms with Gasteiger partial charge in [0, 0.05) is 24.8 Å². The van der Waals surface area contributed by atoms with Gasteiger partial charge in [0.15, 0.2) is 0 Å². The van der Waals surface area contributed by atoms with Crippen molar-refractivity contribution in [3.05, 3.63) is 23.9 Å². The van der Waals surface area contributed by atoms with Crippen molar-refractivity contribution in [2.24, 2.45) is 5.73 Å². The first kappa shape index (κ1) is 12.5. The molecule has 16 heavy (non-hydrogen) atoms. The molecular formula is C12H17N3O. The van der Waals surface area contributed by atoms with Crippen molar-refractivity contribution in [2.75, 3.05) is 13.7 Å². The second-order valence-corrected chi connectivity index (χ2v) is 3.48. The number of hydrogen-bond acceptors (Lipinski definition) is 4. The van der Waals surface area contributed by atoms with Crippen molar-refractivity contribution >= 4 is 0 Å². The van der Waals surface area contributed by atoms with Gasteiger partial charge in [-0.1, -0.05) is 12.0 Å². The van der Waals surface area contributed by atoms with Crippen molar-refractivity contribution in [3.63, 3.8) is 0 Å². The van der Waals surface area contributed by atoms with Crippen LogP contribution < -0.4 is 15.8 Å². The van der Waals surface area contributed by atoms with E-state index in [2.05, 4.69) is 16.2 Å². The molecule has 0 bridgehead atoms. The van der Waals surface area contributed by atoms with E-state index in [0.717, 1.165) is 5.56 Å². The van der Waals surface area contributed by atoms with Crippen molar-refractivity contribution in [3.8, 4) is 18.2 Å². The normalized spacial score (nSPS) is 13.9. The summed E-state index contributed by atoms with van der Waals surface area (Å²) in [5.41, 5.74) is 6.69. The van der Waals surface area contributed by atoms with Crippen molar-refractivity contribution < 1.29 is 4.74 Å². The van der Waals surface area contributed by atoms with E-state index in [0.29, 0.717) is 12.4 Å². The van der Waals surface area contributed by atoms with E-state index in [1.807, 2.05) is 13.0 Å². The molecule has 1 rings (SSSR count). The van der Waals surface area contributed by atoms with Crippen LogP contribution in [0.25, 0.3) is 0 Å². The monoisotopic (exact) mass is 219 g/mol. The average molecular weight is 219 g/mol. The number of pyridine rings is 1. The highest BCUT2D eigenvalue weighted by atomic mass is 16.5. The summed E-state index contributed by atoms with van der Waals surface area (Å²) < 4.78 is 4.99. The van der Waals surface area contributed by atoms with Crippen LogP contribution in [0.4, 0.5) is 0 Å². The number of aromatic nitrogens is 1. The van der Waals surface area contributed by atoms with Crippen molar-refractivity contribution in [2.45, 2.75) is 19.0 Å². The Labute approximate surface area is 96.2 Å². The predicted octanol–water partition coefficient (Wildman–Crippen LogP) is 0.701. The zero-order valence-corrected chi connectivity index (χ0v) is 9.60. The molecule has 86 valence electrons. The highest BCUT2D eigenvalue weighted by molar-refractivity contribution is 5.21. The maximum Gasteiger partial charge on any atom is 0.212 e. The highest BCUT2D eigenvalue weighted by Gasteiger charge is 2.11. The Bertz CT molecular complexity index is 356. The van der Waals surface area contributed by atoms with Crippen molar-refractivity contribution in [1.82, 2.24) is 10.3 Å². The summed E-state index contributed by atoms with van der Waals surface area (Å²) in [4.78, 5) is 4.13. The zero-order chi connectivity index (χ0) is 12.0. The van der Waals surface area contributed by atoms with E-state index in [-0.39, 0.29) is 12.1 Å². The van der Waals surface area contributed by atoms with E-state index >= 15 is 0 Å². The third-order valence-corrected chi connectivity index (χ3v) is 2.31. The largest absolute Gasteiger partial charge is 0.481 e. The number of methoxy groups -OCH3 is 1. The van der Waals surface area contributed by atoms with Gasteiger partial charge >= 0.3 is 0 Å². The first-order valence-electron chi connectivity index (χ1n) is 5.13. The molecule has 1 heterocycles. The van der Waals surface area contributed by atoms with Gasteiger partial charge in [0.2, 0.25) is 5.88 Å². The molecule has 2 unspecified atom stereocenters. The summed E-state index contributed by atoms with van der Waals surface area (Å²) in [6.45, 7) is 2.39. The number of rotatable bonds is 5. The molecule has 2 atom stereocenters. The lowest BCUT2D eigenvalue weighted by molar-refractivity contribution is 0.397. The fourth-order valence-electron chi connectivity index (χ4n) is 1.37. The van der Waals surface area contributed by atoms with Gasteiger partial charge in [0.25, 0.3) is 0 Å². The third kappa shape index (κ3) is 3.23. The molecule has 0 spiro atoms. The van der Waals surface area contributed by atoms with Gasteiger partial charge in [-0.3, -0.25) is 5.32 Å². The van der Waals surface area contributed by atoms with E-state index in [1.165, 1.54) is 0 Å². The molecule has 1 aromatic heterocycles. The van der Waals surface area contributed by atoms with E-state index in [4.69, 9.17) is 16.9 Å². The molecule has 0 amide bonds. The summed E-state index contributed by atoms with van der Waals surface area (Å²) in [6, 6.07) is 3.74. The maximum absolute atomic E-state index is 5.69. The second-order valence-electron chi connectivity index (χ2n) is 3.48. The molecule has 0 saturated heterocycles. The van der Waals surface area contributed by atoms with Gasteiger partial charge in [-0.2, -0.15) is 0 Å². The minimum Gasteiger partial charge on any atom is -0.481 e. The maximum atomic E-state index is 5.69. The molecule has 0 aromatic carbocycles. The molecule has 0 radical (unpaired) electrons. The molecule has 0 fully saturated rings. The van der Waals surface area contributed by atoms with Crippen molar-refractivity contribution in [1.29, 1.82) is 0 Å². The summed E-state index contributed by atoms with van der Waals surface area (Å²) in [6.07, 6.45) is 7.05. The first-order valence-corrected chi connectivity index (χ1v) is 5.13. The van der Waals surface area contributed by atoms with Crippen LogP contribution >= 0.6 is 0 Å². The molecule has 0 aliphatic rings. The van der Waals surface area contributed by atoms with Crippen LogP contribution in [0.15, 0.2) is 18.3 Å². The Balaban J connectivity index is 2.75. The van der Waals surface area contributed by atoms with Gasteiger partial charge in [-0.25, -0.2) is 4.98 Å². The van der Waals surface area contributed by atoms with Crippen LogP contribution in [-0.4, -0.2) is 24.7 Å². The molecule has 0 saturated carbocycles. The predicted molar refractivity (Wildman–Crippen MR) is 64.0 cm³/mol. The van der Waals surface area contributed by atoms with Gasteiger partial charge in [-0.15, -0.1) is 6.42 Å². The van der Waals surface area contributed by atoms with E-state index < -0.39 is 0 Å². The topological polar surface area (TPSA) is 60.2 Å². The lowest BCUT2D eigenvalue weighted by atomic mass is 10.1. The standard InChI is InChI=1S/C12H17N3O/c1-4-9(2)15-11(7-13)10-5-6-12(16-3)14-8-10/h1,5-6,8-9,11,15H,7,13H2,2-3H3. The second kappa shape index (κ2) is 6.11. The number of nitrogens with one attached hydrogen (secondary N) is 1. The summed E-state index contributed by atoms with van der Waals surface area (Å²) in [5, 5.41) is 3.23. The fourth-order valence-corrected chi connectivity index (χ4v) is 1.37. The first-order chi connectivity index (χ1) is 7.71. The SMILES string of the molecule is C#CC(C)NC(CN)c1ccc(OC)nc1. The van der Waals surface area contributed by atoms with E-state index in [9.17, 15) is 0 Å². The summed E-state index contributed by atoms with van der Waals surface area (Å²) >= 11 is 0. The Morgan fingerprint density at radius 3 is 2.81 bits per heavy atom. The molecular weight excluding hydrogens is 202 g/mol. The average Bonchev–Trinajstić information content (AvgIpc) is 2.35. The van der Waals surface area contributed by atoms with Crippen LogP contribution in [0.1, 0.15) is 18.5 Å². The molecule has 1 aromatic rings. The smallest absolute Gasteiger partial charge is 0.212 e. The minimum absolute atomic E-state index is 0.0179. The zero-order valence-electron chi connectivity index (χ0n) is 9.60. The molecule has 4 nitrogen and oxygen atoms in total. The van der Waals surface area contributed by atoms with Gasteiger partial charge in [0.1, 0.15) is 0 Å². The Morgan fingerprint density at radius 2 is 2.38 bits per heavy atom. The van der Waals surface area contributed by atoms with Crippen LogP contribution in [0.5, 0.6) is 5.88 Å². The highest BCUT2D eigenvalue weighted by Crippen LogP contribution is 2.14. The summed E-state index contributed by atoms with van der Waals surface area (Å²) in [5.74, 6) is 3.20. The Kier molecular flexibility index (Phi) is 4.77. The third-order valence-electron chi connectivity index (χ3n) is 2.31. The molecule has 0 aliphatic carbocycles. The number of nitrogens with two attached hydrogens (primary N) is 1. The molecule has 4 heteroatoms. The lowest BCUT2D eigenvalue weighted by Crippen LogP contribution is -2.34. The number of hydrogen-bond donors (Lipinski definition) is 2. The molecule has 0 aliphatic heterocycles. The van der Waals surface area contributed by atoms with Gasteiger partial charge < -0.3 is 10.5 Å². The fraction of sp³-hybridized carbons (Fsp3) is 0.417. The number of nitrogens with zero attached hydrogens (tertiary/aromatic N) is 1. The van der Waals surface area contributed by atoms with Crippen LogP contribution in [-0.2, 0) is 0 Å². The van der Waals surface area contributed by atoms with E-state index in [1.54, 1.807) is 19.4 Å². The van der Waals surface area contributed by atoms with Crippen LogP contribution in [0.3, 0.4) is 0 Å². The number of ether oxygens (including phenoxy) is 1. The quantitative estimate of drug-likeness (QED) is 0.716. The Morgan fingerprint density at radius 1 is 1.62 bits per heavy atom. The number of terminal acetylenes is 1. The summed E-state index contributed by atoms with van der Waals surface area (Å²) in [7, 11) is 1.58.